The largest absolute Gasteiger partial charge is 0.309 e. The quantitative estimate of drug-likeness (QED) is 0.585. The number of para-hydroxylation sites is 1. The lowest BCUT2D eigenvalue weighted by molar-refractivity contribution is -0.120. The molecule has 1 fully saturated rings. The van der Waals surface area contributed by atoms with E-state index < -0.39 is 15.9 Å². The van der Waals surface area contributed by atoms with Crippen LogP contribution in [0.5, 0.6) is 0 Å². The van der Waals surface area contributed by atoms with E-state index in [2.05, 4.69) is 26.3 Å². The second kappa shape index (κ2) is 8.39. The van der Waals surface area contributed by atoms with Crippen molar-refractivity contribution in [2.75, 3.05) is 18.4 Å². The number of nitrogens with one attached hydrogen (secondary N) is 1. The van der Waals surface area contributed by atoms with Crippen LogP contribution in [0, 0.1) is 5.92 Å². The number of carbonyl (C=O) groups excluding carboxylic acids is 1. The average molecular weight is 495 g/mol. The molecule has 0 radical (unpaired) electrons. The lowest BCUT2D eigenvalue weighted by atomic mass is 9.99. The molecule has 1 amide bonds. The van der Waals surface area contributed by atoms with Crippen LogP contribution in [0.25, 0.3) is 5.69 Å². The van der Waals surface area contributed by atoms with Gasteiger partial charge in [-0.1, -0.05) is 18.2 Å². The highest BCUT2D eigenvalue weighted by Crippen LogP contribution is 2.31. The number of carbonyl (C=O) groups is 1. The summed E-state index contributed by atoms with van der Waals surface area (Å²) in [4.78, 5) is 12.7. The highest BCUT2D eigenvalue weighted by molar-refractivity contribution is 9.11. The molecule has 152 valence electrons. The van der Waals surface area contributed by atoms with Gasteiger partial charge >= 0.3 is 0 Å². The molecule has 4 rings (SSSR count). The lowest BCUT2D eigenvalue weighted by Gasteiger charge is -2.30. The first-order chi connectivity index (χ1) is 13.9. The molecule has 1 atom stereocenters. The van der Waals surface area contributed by atoms with E-state index in [1.807, 2.05) is 30.3 Å². The van der Waals surface area contributed by atoms with E-state index in [4.69, 9.17) is 0 Å². The number of nitrogens with zero attached hydrogens (tertiary/aromatic N) is 3. The highest BCUT2D eigenvalue weighted by atomic mass is 79.9. The number of anilines is 1. The normalized spacial score (nSPS) is 17.9. The number of aromatic nitrogens is 2. The summed E-state index contributed by atoms with van der Waals surface area (Å²) >= 11 is 4.48. The molecule has 2 aromatic heterocycles. The van der Waals surface area contributed by atoms with Crippen LogP contribution in [0.2, 0.25) is 0 Å². The van der Waals surface area contributed by atoms with Gasteiger partial charge in [0.05, 0.1) is 15.4 Å². The number of sulfonamides is 1. The van der Waals surface area contributed by atoms with E-state index in [1.165, 1.54) is 15.6 Å². The fourth-order valence-electron chi connectivity index (χ4n) is 3.28. The first-order valence-corrected chi connectivity index (χ1v) is 12.2. The van der Waals surface area contributed by atoms with Crippen LogP contribution in [0.1, 0.15) is 12.8 Å². The Bertz CT molecular complexity index is 1110. The van der Waals surface area contributed by atoms with Gasteiger partial charge in [-0.25, -0.2) is 13.1 Å². The fourth-order valence-corrected chi connectivity index (χ4v) is 6.97. The number of thiophene rings is 1. The van der Waals surface area contributed by atoms with Gasteiger partial charge < -0.3 is 5.32 Å². The maximum absolute atomic E-state index is 12.9. The van der Waals surface area contributed by atoms with Gasteiger partial charge in [-0.3, -0.25) is 4.79 Å². The topological polar surface area (TPSA) is 84.3 Å². The van der Waals surface area contributed by atoms with Crippen LogP contribution in [0.4, 0.5) is 5.82 Å². The first-order valence-electron chi connectivity index (χ1n) is 9.11. The summed E-state index contributed by atoms with van der Waals surface area (Å²) in [6, 6.07) is 14.6. The monoisotopic (exact) mass is 494 g/mol. The molecule has 0 bridgehead atoms. The number of piperidine rings is 1. The molecular weight excluding hydrogens is 476 g/mol. The number of hydrogen-bond acceptors (Lipinski definition) is 5. The number of halogens is 1. The minimum absolute atomic E-state index is 0.170. The van der Waals surface area contributed by atoms with Crippen molar-refractivity contribution in [3.8, 4) is 5.69 Å². The van der Waals surface area contributed by atoms with Gasteiger partial charge in [0.25, 0.3) is 10.0 Å². The number of amides is 1. The van der Waals surface area contributed by atoms with E-state index in [0.717, 1.165) is 9.47 Å². The van der Waals surface area contributed by atoms with Crippen LogP contribution >= 0.6 is 27.3 Å². The summed E-state index contributed by atoms with van der Waals surface area (Å²) in [5.74, 6) is -0.180. The summed E-state index contributed by atoms with van der Waals surface area (Å²) in [5.41, 5.74) is 0.894. The standard InChI is InChI=1S/C19H19BrN4O3S2/c20-16-8-9-18(28-16)29(26,27)23-11-4-5-14(13-23)19(25)21-17-10-12-24(22-17)15-6-2-1-3-7-15/h1-3,6-10,12,14H,4-5,11,13H2,(H,21,22,25). The van der Waals surface area contributed by atoms with Crippen molar-refractivity contribution in [1.82, 2.24) is 14.1 Å². The van der Waals surface area contributed by atoms with Crippen molar-refractivity contribution in [2.45, 2.75) is 17.1 Å². The predicted molar refractivity (Wildman–Crippen MR) is 116 cm³/mol. The van der Waals surface area contributed by atoms with Crippen molar-refractivity contribution in [3.05, 3.63) is 58.5 Å². The van der Waals surface area contributed by atoms with E-state index in [-0.39, 0.29) is 16.7 Å². The molecule has 1 aromatic carbocycles. The van der Waals surface area contributed by atoms with Crippen molar-refractivity contribution in [3.63, 3.8) is 0 Å². The maximum atomic E-state index is 12.9. The van der Waals surface area contributed by atoms with Crippen molar-refractivity contribution >= 4 is 49.0 Å². The molecule has 7 nitrogen and oxygen atoms in total. The number of benzene rings is 1. The zero-order valence-electron chi connectivity index (χ0n) is 15.4. The zero-order chi connectivity index (χ0) is 20.4. The van der Waals surface area contributed by atoms with E-state index >= 15 is 0 Å². The summed E-state index contributed by atoms with van der Waals surface area (Å²) in [6.45, 7) is 0.591. The van der Waals surface area contributed by atoms with Crippen LogP contribution in [-0.2, 0) is 14.8 Å². The van der Waals surface area contributed by atoms with Crippen LogP contribution < -0.4 is 5.32 Å². The smallest absolute Gasteiger partial charge is 0.252 e. The van der Waals surface area contributed by atoms with Gasteiger partial charge in [0, 0.05) is 25.4 Å². The Balaban J connectivity index is 1.44. The van der Waals surface area contributed by atoms with E-state index in [1.54, 1.807) is 29.1 Å². The molecule has 0 saturated carbocycles. The van der Waals surface area contributed by atoms with Gasteiger partial charge in [0.1, 0.15) is 4.21 Å². The Kier molecular flexibility index (Phi) is 5.86. The van der Waals surface area contributed by atoms with Crippen molar-refractivity contribution < 1.29 is 13.2 Å². The third kappa shape index (κ3) is 4.45. The minimum atomic E-state index is -3.59. The Hall–Kier alpha value is -2.01. The molecule has 1 saturated heterocycles. The molecule has 3 heterocycles. The first kappa shape index (κ1) is 20.3. The molecule has 1 aliphatic rings. The molecule has 1 aliphatic heterocycles. The van der Waals surface area contributed by atoms with Crippen LogP contribution in [0.15, 0.2) is 62.7 Å². The Morgan fingerprint density at radius 3 is 2.69 bits per heavy atom. The third-order valence-electron chi connectivity index (χ3n) is 4.76. The van der Waals surface area contributed by atoms with Gasteiger partial charge in [0.15, 0.2) is 5.82 Å². The SMILES string of the molecule is O=C(Nc1ccn(-c2ccccc2)n1)C1CCCN(S(=O)(=O)c2ccc(Br)s2)C1. The molecular formula is C19H19BrN4O3S2. The van der Waals surface area contributed by atoms with Gasteiger partial charge in [-0.05, 0) is 53.0 Å². The zero-order valence-corrected chi connectivity index (χ0v) is 18.6. The van der Waals surface area contributed by atoms with Crippen molar-refractivity contribution in [2.24, 2.45) is 5.92 Å². The summed E-state index contributed by atoms with van der Waals surface area (Å²) in [6.07, 6.45) is 3.06. The van der Waals surface area contributed by atoms with Crippen LogP contribution in [0.3, 0.4) is 0 Å². The minimum Gasteiger partial charge on any atom is -0.309 e. The summed E-state index contributed by atoms with van der Waals surface area (Å²) < 4.78 is 29.8. The predicted octanol–water partition coefficient (Wildman–Crippen LogP) is 3.74. The summed E-state index contributed by atoms with van der Waals surface area (Å²) in [7, 11) is -3.59. The number of hydrogen-bond donors (Lipinski definition) is 1. The Morgan fingerprint density at radius 1 is 1.17 bits per heavy atom. The Labute approximate surface area is 181 Å². The van der Waals surface area contributed by atoms with Gasteiger partial charge in [-0.15, -0.1) is 11.3 Å². The molecule has 10 heteroatoms. The van der Waals surface area contributed by atoms with Gasteiger partial charge in [-0.2, -0.15) is 9.40 Å². The highest BCUT2D eigenvalue weighted by Gasteiger charge is 2.34. The second-order valence-corrected chi connectivity index (χ2v) is 11.4. The third-order valence-corrected chi connectivity index (χ3v) is 8.71. The van der Waals surface area contributed by atoms with Crippen molar-refractivity contribution in [1.29, 1.82) is 0 Å². The summed E-state index contributed by atoms with van der Waals surface area (Å²) in [5, 5.41) is 7.20. The molecule has 3 aromatic rings. The average Bonchev–Trinajstić information content (AvgIpc) is 3.38. The van der Waals surface area contributed by atoms with Gasteiger partial charge in [0.2, 0.25) is 5.91 Å². The Morgan fingerprint density at radius 2 is 1.97 bits per heavy atom. The molecule has 29 heavy (non-hydrogen) atoms. The molecule has 1 unspecified atom stereocenters. The lowest BCUT2D eigenvalue weighted by Crippen LogP contribution is -2.43. The van der Waals surface area contributed by atoms with E-state index in [9.17, 15) is 13.2 Å². The molecule has 0 aliphatic carbocycles. The maximum Gasteiger partial charge on any atom is 0.252 e. The molecule has 1 N–H and O–H groups in total. The fraction of sp³-hybridized carbons (Fsp3) is 0.263. The van der Waals surface area contributed by atoms with E-state index in [0.29, 0.717) is 25.2 Å². The number of rotatable bonds is 5. The van der Waals surface area contributed by atoms with Crippen LogP contribution in [-0.4, -0.2) is 41.5 Å². The second-order valence-electron chi connectivity index (χ2n) is 6.73. The molecule has 0 spiro atoms.